The van der Waals surface area contributed by atoms with Gasteiger partial charge >= 0.3 is 0 Å². The number of nitrogens with zero attached hydrogens (tertiary/aromatic N) is 1. The molecule has 2 aliphatic rings. The summed E-state index contributed by atoms with van der Waals surface area (Å²) in [7, 11) is -1.98. The highest BCUT2D eigenvalue weighted by atomic mass is 35.5. The predicted molar refractivity (Wildman–Crippen MR) is 160 cm³/mol. The lowest BCUT2D eigenvalue weighted by Crippen LogP contribution is -2.43. The minimum absolute atomic E-state index is 0.0000781. The molecule has 0 saturated heterocycles. The van der Waals surface area contributed by atoms with Crippen molar-refractivity contribution in [2.45, 2.75) is 57.5 Å². The van der Waals surface area contributed by atoms with E-state index in [1.165, 1.54) is 0 Å². The van der Waals surface area contributed by atoms with Gasteiger partial charge < -0.3 is 14.0 Å². The van der Waals surface area contributed by atoms with E-state index in [-0.39, 0.29) is 29.0 Å². The molecule has 8 heteroatoms. The van der Waals surface area contributed by atoms with Gasteiger partial charge in [-0.1, -0.05) is 68.8 Å². The molecule has 0 radical (unpaired) electrons. The van der Waals surface area contributed by atoms with Gasteiger partial charge in [-0.2, -0.15) is 0 Å². The number of H-pyrrole nitrogens is 1. The zero-order valence-corrected chi connectivity index (χ0v) is 24.4. The fourth-order valence-electron chi connectivity index (χ4n) is 6.12. The van der Waals surface area contributed by atoms with Crippen LogP contribution < -0.4 is 5.32 Å². The standard InChI is InChI=1S/C31H30ClN3O3Si/c1-31(2,3)39(4,5)38-18-12-11-17(15-18)35-22-14-16(32)10-13-20(22)24-26-25(29(36)34-30(26)37)23-19-8-6-7-9-21(19)33-27(23)28(24)35/h6-14,17-18,33H,15H2,1-5H3,(H,34,36,37)/t17?,18-/m0/s1. The zero-order valence-electron chi connectivity index (χ0n) is 22.6. The van der Waals surface area contributed by atoms with Crippen molar-refractivity contribution in [1.29, 1.82) is 0 Å². The van der Waals surface area contributed by atoms with Crippen molar-refractivity contribution in [3.8, 4) is 0 Å². The Hall–Kier alpha value is -3.39. The summed E-state index contributed by atoms with van der Waals surface area (Å²) in [5.41, 5.74) is 4.49. The number of aromatic nitrogens is 2. The molecule has 2 aromatic heterocycles. The van der Waals surface area contributed by atoms with Gasteiger partial charge in [-0.15, -0.1) is 0 Å². The van der Waals surface area contributed by atoms with Crippen molar-refractivity contribution in [1.82, 2.24) is 14.9 Å². The number of amides is 2. The topological polar surface area (TPSA) is 76.1 Å². The molecule has 1 aliphatic carbocycles. The van der Waals surface area contributed by atoms with E-state index in [0.717, 1.165) is 50.0 Å². The van der Waals surface area contributed by atoms with E-state index in [4.69, 9.17) is 16.0 Å². The smallest absolute Gasteiger partial charge is 0.259 e. The number of carbonyl (C=O) groups is 2. The Morgan fingerprint density at radius 2 is 1.69 bits per heavy atom. The van der Waals surface area contributed by atoms with Gasteiger partial charge in [0, 0.05) is 38.5 Å². The van der Waals surface area contributed by atoms with Gasteiger partial charge in [0.15, 0.2) is 8.32 Å². The van der Waals surface area contributed by atoms with Crippen LogP contribution in [0.4, 0.5) is 0 Å². The van der Waals surface area contributed by atoms with Crippen molar-refractivity contribution < 1.29 is 14.0 Å². The third-order valence-electron chi connectivity index (χ3n) is 8.95. The van der Waals surface area contributed by atoms with Gasteiger partial charge in [0.25, 0.3) is 11.8 Å². The minimum atomic E-state index is -1.98. The van der Waals surface area contributed by atoms with Crippen LogP contribution in [0.15, 0.2) is 54.6 Å². The number of hydrogen-bond acceptors (Lipinski definition) is 3. The summed E-state index contributed by atoms with van der Waals surface area (Å²) in [6, 6.07) is 13.7. The predicted octanol–water partition coefficient (Wildman–Crippen LogP) is 7.86. The van der Waals surface area contributed by atoms with Crippen LogP contribution in [-0.2, 0) is 4.43 Å². The molecule has 2 amide bonds. The summed E-state index contributed by atoms with van der Waals surface area (Å²) < 4.78 is 9.06. The van der Waals surface area contributed by atoms with Crippen molar-refractivity contribution in [2.75, 3.05) is 0 Å². The highest BCUT2D eigenvalue weighted by molar-refractivity contribution is 6.74. The molecular weight excluding hydrogens is 526 g/mol. The Labute approximate surface area is 232 Å². The van der Waals surface area contributed by atoms with Crippen molar-refractivity contribution >= 4 is 75.3 Å². The SMILES string of the molecule is CC(C)(C)[Si](C)(C)O[C@H]1C=CC(n2c3cc(Cl)ccc3c3c4c(c5c6ccccc6[nH]c5c32)C(=O)NC4=O)C1. The fraction of sp³-hybridized carbons (Fsp3) is 0.290. The summed E-state index contributed by atoms with van der Waals surface area (Å²) in [5, 5.41) is 6.67. The molecule has 0 bridgehead atoms. The molecule has 2 N–H and O–H groups in total. The number of para-hydroxylation sites is 1. The van der Waals surface area contributed by atoms with Crippen LogP contribution in [-0.4, -0.2) is 35.8 Å². The lowest BCUT2D eigenvalue weighted by atomic mass is 9.96. The van der Waals surface area contributed by atoms with Crippen molar-refractivity contribution in [2.24, 2.45) is 0 Å². The lowest BCUT2D eigenvalue weighted by molar-refractivity contribution is 0.0880. The van der Waals surface area contributed by atoms with E-state index < -0.39 is 8.32 Å². The van der Waals surface area contributed by atoms with Crippen LogP contribution in [0.5, 0.6) is 0 Å². The minimum Gasteiger partial charge on any atom is -0.410 e. The maximum Gasteiger partial charge on any atom is 0.259 e. The Morgan fingerprint density at radius 1 is 0.974 bits per heavy atom. The maximum atomic E-state index is 13.3. The van der Waals surface area contributed by atoms with Gasteiger partial charge in [-0.25, -0.2) is 0 Å². The van der Waals surface area contributed by atoms with E-state index in [9.17, 15) is 9.59 Å². The van der Waals surface area contributed by atoms with Crippen LogP contribution in [0.2, 0.25) is 23.2 Å². The van der Waals surface area contributed by atoms with E-state index in [0.29, 0.717) is 16.1 Å². The Kier molecular flexibility index (Phi) is 5.10. The van der Waals surface area contributed by atoms with Crippen LogP contribution in [0.25, 0.3) is 43.6 Å². The molecule has 1 aliphatic heterocycles. The number of aromatic amines is 1. The molecule has 3 heterocycles. The average molecular weight is 556 g/mol. The molecule has 2 atom stereocenters. The molecule has 0 saturated carbocycles. The lowest BCUT2D eigenvalue weighted by Gasteiger charge is -2.38. The Morgan fingerprint density at radius 3 is 2.44 bits per heavy atom. The number of hydrogen-bond donors (Lipinski definition) is 2. The van der Waals surface area contributed by atoms with E-state index in [2.05, 4.69) is 60.9 Å². The maximum absolute atomic E-state index is 13.3. The molecule has 1 unspecified atom stereocenters. The van der Waals surface area contributed by atoms with E-state index in [1.807, 2.05) is 42.5 Å². The second kappa shape index (κ2) is 8.07. The molecule has 198 valence electrons. The number of rotatable bonds is 3. The monoisotopic (exact) mass is 555 g/mol. The summed E-state index contributed by atoms with van der Waals surface area (Å²) >= 11 is 6.55. The second-order valence-corrected chi connectivity index (χ2v) is 17.5. The zero-order chi connectivity index (χ0) is 27.4. The molecule has 5 aromatic rings. The second-order valence-electron chi connectivity index (χ2n) is 12.3. The first-order valence-electron chi connectivity index (χ1n) is 13.4. The van der Waals surface area contributed by atoms with Crippen molar-refractivity contribution in [3.63, 3.8) is 0 Å². The third-order valence-corrected chi connectivity index (χ3v) is 13.7. The van der Waals surface area contributed by atoms with Crippen LogP contribution in [0.1, 0.15) is 53.9 Å². The molecule has 0 spiro atoms. The first kappa shape index (κ1) is 24.6. The average Bonchev–Trinajstić information content (AvgIpc) is 3.60. The number of carbonyl (C=O) groups excluding carboxylic acids is 2. The first-order chi connectivity index (χ1) is 18.5. The molecule has 39 heavy (non-hydrogen) atoms. The third kappa shape index (κ3) is 3.43. The largest absolute Gasteiger partial charge is 0.410 e. The molecular formula is C31H30ClN3O3Si. The quantitative estimate of drug-likeness (QED) is 0.135. The fourth-order valence-corrected chi connectivity index (χ4v) is 7.57. The highest BCUT2D eigenvalue weighted by Crippen LogP contribution is 2.47. The van der Waals surface area contributed by atoms with E-state index >= 15 is 0 Å². The van der Waals surface area contributed by atoms with Crippen LogP contribution in [0.3, 0.4) is 0 Å². The molecule has 3 aromatic carbocycles. The van der Waals surface area contributed by atoms with Gasteiger partial charge in [-0.3, -0.25) is 14.9 Å². The molecule has 6 nitrogen and oxygen atoms in total. The van der Waals surface area contributed by atoms with Gasteiger partial charge in [0.1, 0.15) is 0 Å². The highest BCUT2D eigenvalue weighted by Gasteiger charge is 2.41. The normalized spacial score (nSPS) is 19.7. The summed E-state index contributed by atoms with van der Waals surface area (Å²) in [5.74, 6) is -0.715. The number of fused-ring (bicyclic) bond motifs is 10. The van der Waals surface area contributed by atoms with Crippen LogP contribution in [0, 0.1) is 0 Å². The summed E-state index contributed by atoms with van der Waals surface area (Å²) in [4.78, 5) is 30.1. The number of nitrogens with one attached hydrogen (secondary N) is 2. The van der Waals surface area contributed by atoms with Gasteiger partial charge in [-0.05, 0) is 36.3 Å². The summed E-state index contributed by atoms with van der Waals surface area (Å²) in [6.45, 7) is 11.3. The van der Waals surface area contributed by atoms with Gasteiger partial charge in [0.05, 0.1) is 39.8 Å². The number of halogens is 1. The Bertz CT molecular complexity index is 1920. The van der Waals surface area contributed by atoms with E-state index in [1.54, 1.807) is 0 Å². The number of benzene rings is 3. The molecule has 7 rings (SSSR count). The van der Waals surface area contributed by atoms with Gasteiger partial charge in [0.2, 0.25) is 0 Å². The van der Waals surface area contributed by atoms with Crippen LogP contribution >= 0.6 is 11.6 Å². The first-order valence-corrected chi connectivity index (χ1v) is 16.7. The van der Waals surface area contributed by atoms with Crippen molar-refractivity contribution in [3.05, 3.63) is 70.8 Å². The molecule has 0 fully saturated rings. The Balaban J connectivity index is 1.54. The number of allylic oxidation sites excluding steroid dienone is 1. The summed E-state index contributed by atoms with van der Waals surface area (Å²) in [6.07, 6.45) is 5.17. The number of imide groups is 1.